The maximum absolute atomic E-state index is 12.2. The maximum Gasteiger partial charge on any atom is 0.326 e. The third-order valence-corrected chi connectivity index (χ3v) is 5.60. The summed E-state index contributed by atoms with van der Waals surface area (Å²) >= 11 is 29.8. The molecule has 0 atom stereocenters. The molecule has 6 nitrogen and oxygen atoms in total. The Morgan fingerprint density at radius 2 is 1.60 bits per heavy atom. The van der Waals surface area contributed by atoms with Gasteiger partial charge in [0.25, 0.3) is 5.91 Å². The molecule has 0 aliphatic heterocycles. The van der Waals surface area contributed by atoms with Crippen LogP contribution in [0.25, 0.3) is 0 Å². The molecule has 3 rings (SSSR count). The van der Waals surface area contributed by atoms with Gasteiger partial charge in [-0.2, -0.15) is 4.98 Å². The molecule has 0 bridgehead atoms. The van der Waals surface area contributed by atoms with Gasteiger partial charge in [0.05, 0.1) is 20.6 Å². The van der Waals surface area contributed by atoms with Gasteiger partial charge >= 0.3 is 6.03 Å². The number of anilines is 1. The standard InChI is InChI=1S/C19H10Cl5N3O3/c20-12-7-2-1-6-11(12)17(28)27-19(29)25-9-4-3-5-10(8-9)30-18-15(23)13(21)14(22)16(24)26-18/h1-8H,(H2,25,27,28,29). The van der Waals surface area contributed by atoms with Gasteiger partial charge in [0.1, 0.15) is 10.8 Å². The molecule has 0 unspecified atom stereocenters. The van der Waals surface area contributed by atoms with Gasteiger partial charge in [-0.15, -0.1) is 0 Å². The minimum Gasteiger partial charge on any atom is -0.437 e. The largest absolute Gasteiger partial charge is 0.437 e. The van der Waals surface area contributed by atoms with Gasteiger partial charge in [-0.3, -0.25) is 10.1 Å². The molecular formula is C19H10Cl5N3O3. The van der Waals surface area contributed by atoms with Crippen LogP contribution in [0.1, 0.15) is 10.4 Å². The van der Waals surface area contributed by atoms with Crippen LogP contribution in [0.3, 0.4) is 0 Å². The lowest BCUT2D eigenvalue weighted by Crippen LogP contribution is -2.34. The van der Waals surface area contributed by atoms with Gasteiger partial charge in [-0.05, 0) is 24.3 Å². The van der Waals surface area contributed by atoms with Crippen LogP contribution in [-0.4, -0.2) is 16.9 Å². The molecule has 0 aliphatic carbocycles. The van der Waals surface area contributed by atoms with Crippen LogP contribution >= 0.6 is 58.0 Å². The Bertz CT molecular complexity index is 1140. The van der Waals surface area contributed by atoms with E-state index in [4.69, 9.17) is 62.7 Å². The van der Waals surface area contributed by atoms with E-state index in [9.17, 15) is 9.59 Å². The number of hydrogen-bond acceptors (Lipinski definition) is 4. The van der Waals surface area contributed by atoms with Gasteiger partial charge in [0, 0.05) is 11.8 Å². The molecule has 1 heterocycles. The highest BCUT2D eigenvalue weighted by Crippen LogP contribution is 2.41. The van der Waals surface area contributed by atoms with Gasteiger partial charge < -0.3 is 10.1 Å². The fourth-order valence-electron chi connectivity index (χ4n) is 2.26. The number of nitrogens with zero attached hydrogens (tertiary/aromatic N) is 1. The van der Waals surface area contributed by atoms with Gasteiger partial charge in [-0.25, -0.2) is 4.79 Å². The predicted molar refractivity (Wildman–Crippen MR) is 119 cm³/mol. The second kappa shape index (κ2) is 9.73. The van der Waals surface area contributed by atoms with Crippen molar-refractivity contribution in [1.29, 1.82) is 0 Å². The first-order valence-corrected chi connectivity index (χ1v) is 10.00. The summed E-state index contributed by atoms with van der Waals surface area (Å²) in [4.78, 5) is 28.2. The van der Waals surface area contributed by atoms with Crippen molar-refractivity contribution in [2.75, 3.05) is 5.32 Å². The molecule has 0 fully saturated rings. The number of hydrogen-bond donors (Lipinski definition) is 2. The summed E-state index contributed by atoms with van der Waals surface area (Å²) in [5.41, 5.74) is 0.503. The number of halogens is 5. The van der Waals surface area contributed by atoms with E-state index in [0.29, 0.717) is 5.69 Å². The molecule has 2 N–H and O–H groups in total. The summed E-state index contributed by atoms with van der Waals surface area (Å²) in [6.07, 6.45) is 0. The number of nitrogens with one attached hydrogen (secondary N) is 2. The average molecular weight is 506 g/mol. The summed E-state index contributed by atoms with van der Waals surface area (Å²) in [5.74, 6) is -0.437. The highest BCUT2D eigenvalue weighted by Gasteiger charge is 2.17. The second-order valence-electron chi connectivity index (χ2n) is 5.67. The monoisotopic (exact) mass is 503 g/mol. The molecular weight excluding hydrogens is 495 g/mol. The first-order valence-electron chi connectivity index (χ1n) is 8.11. The number of benzene rings is 2. The number of ether oxygens (including phenoxy) is 1. The zero-order valence-electron chi connectivity index (χ0n) is 14.7. The summed E-state index contributed by atoms with van der Waals surface area (Å²) in [7, 11) is 0. The summed E-state index contributed by atoms with van der Waals surface area (Å²) in [5, 5.41) is 4.84. The Kier molecular flexibility index (Phi) is 7.28. The normalized spacial score (nSPS) is 10.4. The van der Waals surface area contributed by atoms with Crippen molar-refractivity contribution < 1.29 is 14.3 Å². The highest BCUT2D eigenvalue weighted by atomic mass is 35.5. The van der Waals surface area contributed by atoms with E-state index < -0.39 is 11.9 Å². The lowest BCUT2D eigenvalue weighted by molar-refractivity contribution is 0.0967. The molecule has 154 valence electrons. The first kappa shape index (κ1) is 22.5. The molecule has 0 radical (unpaired) electrons. The number of amides is 3. The van der Waals surface area contributed by atoms with Crippen LogP contribution < -0.4 is 15.4 Å². The molecule has 3 aromatic rings. The highest BCUT2D eigenvalue weighted by molar-refractivity contribution is 6.51. The van der Waals surface area contributed by atoms with E-state index >= 15 is 0 Å². The van der Waals surface area contributed by atoms with Crippen LogP contribution in [0, 0.1) is 0 Å². The third-order valence-electron chi connectivity index (χ3n) is 3.61. The lowest BCUT2D eigenvalue weighted by atomic mass is 10.2. The predicted octanol–water partition coefficient (Wildman–Crippen LogP) is 7.10. The SMILES string of the molecule is O=C(NC(=O)c1ccccc1Cl)Nc1cccc(Oc2nc(Cl)c(Cl)c(Cl)c2Cl)c1. The third kappa shape index (κ3) is 5.28. The smallest absolute Gasteiger partial charge is 0.326 e. The van der Waals surface area contributed by atoms with E-state index in [0.717, 1.165) is 0 Å². The summed E-state index contributed by atoms with van der Waals surface area (Å²) in [6, 6.07) is 11.9. The number of urea groups is 1. The second-order valence-corrected chi connectivity index (χ2v) is 7.57. The van der Waals surface area contributed by atoms with Crippen LogP contribution in [0.4, 0.5) is 10.5 Å². The Morgan fingerprint density at radius 3 is 2.33 bits per heavy atom. The Balaban J connectivity index is 1.71. The zero-order valence-corrected chi connectivity index (χ0v) is 18.5. The Morgan fingerprint density at radius 1 is 0.867 bits per heavy atom. The Hall–Kier alpha value is -2.22. The number of rotatable bonds is 4. The number of pyridine rings is 1. The quantitative estimate of drug-likeness (QED) is 0.371. The summed E-state index contributed by atoms with van der Waals surface area (Å²) < 4.78 is 5.59. The van der Waals surface area contributed by atoms with Gasteiger partial charge in [-0.1, -0.05) is 76.2 Å². The number of carbonyl (C=O) groups is 2. The molecule has 0 saturated carbocycles. The molecule has 3 amide bonds. The van der Waals surface area contributed by atoms with Crippen molar-refractivity contribution in [3.05, 3.63) is 79.3 Å². The van der Waals surface area contributed by atoms with E-state index in [1.54, 1.807) is 36.4 Å². The van der Waals surface area contributed by atoms with Crippen molar-refractivity contribution in [2.45, 2.75) is 0 Å². The number of carbonyl (C=O) groups excluding carboxylic acids is 2. The molecule has 0 saturated heterocycles. The fourth-order valence-corrected chi connectivity index (χ4v) is 3.23. The molecule has 1 aromatic heterocycles. The average Bonchev–Trinajstić information content (AvgIpc) is 2.71. The number of imide groups is 1. The zero-order chi connectivity index (χ0) is 21.8. The lowest BCUT2D eigenvalue weighted by Gasteiger charge is -2.11. The van der Waals surface area contributed by atoms with Crippen LogP contribution in [0.2, 0.25) is 25.2 Å². The topological polar surface area (TPSA) is 80.3 Å². The van der Waals surface area contributed by atoms with Crippen LogP contribution in [0.15, 0.2) is 48.5 Å². The summed E-state index contributed by atoms with van der Waals surface area (Å²) in [6.45, 7) is 0. The van der Waals surface area contributed by atoms with Gasteiger partial charge in [0.2, 0.25) is 5.88 Å². The van der Waals surface area contributed by atoms with E-state index in [1.165, 1.54) is 12.1 Å². The van der Waals surface area contributed by atoms with E-state index in [-0.39, 0.29) is 42.4 Å². The Labute approximate surface area is 196 Å². The van der Waals surface area contributed by atoms with Crippen molar-refractivity contribution in [3.63, 3.8) is 0 Å². The van der Waals surface area contributed by atoms with Gasteiger partial charge in [0.15, 0.2) is 5.15 Å². The van der Waals surface area contributed by atoms with E-state index in [2.05, 4.69) is 15.6 Å². The van der Waals surface area contributed by atoms with Crippen molar-refractivity contribution in [2.24, 2.45) is 0 Å². The van der Waals surface area contributed by atoms with Crippen LogP contribution in [-0.2, 0) is 0 Å². The number of aromatic nitrogens is 1. The van der Waals surface area contributed by atoms with Crippen molar-refractivity contribution in [3.8, 4) is 11.6 Å². The minimum atomic E-state index is -0.759. The molecule has 30 heavy (non-hydrogen) atoms. The molecule has 0 spiro atoms. The van der Waals surface area contributed by atoms with Crippen molar-refractivity contribution >= 4 is 75.6 Å². The fraction of sp³-hybridized carbons (Fsp3) is 0. The first-order chi connectivity index (χ1) is 14.3. The van der Waals surface area contributed by atoms with Crippen molar-refractivity contribution in [1.82, 2.24) is 10.3 Å². The molecule has 0 aliphatic rings. The van der Waals surface area contributed by atoms with Crippen LogP contribution in [0.5, 0.6) is 11.6 Å². The molecule has 11 heteroatoms. The van der Waals surface area contributed by atoms with E-state index in [1.807, 2.05) is 0 Å². The maximum atomic E-state index is 12.2. The minimum absolute atomic E-state index is 0.0000702. The molecule has 2 aromatic carbocycles.